The summed E-state index contributed by atoms with van der Waals surface area (Å²) < 4.78 is 11.4. The molecule has 1 atom stereocenters. The maximum Gasteiger partial charge on any atom is 0.341 e. The zero-order valence-electron chi connectivity index (χ0n) is 15.0. The molecule has 0 aliphatic rings. The molecule has 0 amide bonds. The fraction of sp³-hybridized carbons (Fsp3) is 0.300. The third-order valence-corrected chi connectivity index (χ3v) is 4.83. The minimum Gasteiger partial charge on any atom is -0.493 e. The van der Waals surface area contributed by atoms with Gasteiger partial charge in [-0.1, -0.05) is 26.0 Å². The third kappa shape index (κ3) is 5.45. The third-order valence-electron chi connectivity index (χ3n) is 4.03. The standard InChI is InChI=1S/C20H22INO4/c1-4-13(2)15-5-7-16(8-6-15)22-11-14-9-17(21)20(18(10-14)25-3)26-12-19(23)24/h5-11,13H,4,12H2,1-3H3,(H,23,24)/t13-/m1/s1. The van der Waals surface area contributed by atoms with Gasteiger partial charge in [-0.05, 0) is 70.3 Å². The molecule has 2 aromatic rings. The van der Waals surface area contributed by atoms with E-state index in [1.54, 1.807) is 12.3 Å². The molecule has 0 bridgehead atoms. The first-order chi connectivity index (χ1) is 12.4. The molecule has 138 valence electrons. The summed E-state index contributed by atoms with van der Waals surface area (Å²) in [5, 5.41) is 8.77. The van der Waals surface area contributed by atoms with Gasteiger partial charge in [0, 0.05) is 6.21 Å². The number of benzene rings is 2. The minimum absolute atomic E-state index is 0.414. The van der Waals surface area contributed by atoms with Crippen LogP contribution in [0.3, 0.4) is 0 Å². The van der Waals surface area contributed by atoms with Crippen LogP contribution < -0.4 is 9.47 Å². The average Bonchev–Trinajstić information content (AvgIpc) is 2.64. The molecule has 0 aromatic heterocycles. The first-order valence-electron chi connectivity index (χ1n) is 8.30. The fourth-order valence-corrected chi connectivity index (χ4v) is 3.14. The summed E-state index contributed by atoms with van der Waals surface area (Å²) in [7, 11) is 1.52. The molecule has 0 aliphatic carbocycles. The summed E-state index contributed by atoms with van der Waals surface area (Å²) in [6, 6.07) is 11.9. The predicted octanol–water partition coefficient (Wildman–Crippen LogP) is 5.03. The van der Waals surface area contributed by atoms with Crippen LogP contribution in [0.2, 0.25) is 0 Å². The summed E-state index contributed by atoms with van der Waals surface area (Å²) in [4.78, 5) is 15.2. The number of hydrogen-bond donors (Lipinski definition) is 1. The van der Waals surface area contributed by atoms with E-state index in [4.69, 9.17) is 14.6 Å². The first-order valence-corrected chi connectivity index (χ1v) is 9.38. The van der Waals surface area contributed by atoms with E-state index in [-0.39, 0.29) is 0 Å². The van der Waals surface area contributed by atoms with Crippen molar-refractivity contribution in [2.24, 2.45) is 4.99 Å². The monoisotopic (exact) mass is 467 g/mol. The van der Waals surface area contributed by atoms with E-state index in [1.807, 2.05) is 18.2 Å². The van der Waals surface area contributed by atoms with Crippen LogP contribution in [-0.4, -0.2) is 31.0 Å². The minimum atomic E-state index is -1.03. The van der Waals surface area contributed by atoms with Gasteiger partial charge < -0.3 is 14.6 Å². The normalized spacial score (nSPS) is 12.2. The van der Waals surface area contributed by atoms with Crippen molar-refractivity contribution in [3.05, 3.63) is 51.1 Å². The number of carboxylic acids is 1. The molecule has 5 nitrogen and oxygen atoms in total. The van der Waals surface area contributed by atoms with Crippen LogP contribution >= 0.6 is 22.6 Å². The van der Waals surface area contributed by atoms with E-state index in [0.29, 0.717) is 17.4 Å². The van der Waals surface area contributed by atoms with Crippen LogP contribution in [-0.2, 0) is 4.79 Å². The highest BCUT2D eigenvalue weighted by Crippen LogP contribution is 2.33. The number of rotatable bonds is 8. The fourth-order valence-electron chi connectivity index (χ4n) is 2.36. The van der Waals surface area contributed by atoms with Crippen LogP contribution in [0.4, 0.5) is 5.69 Å². The summed E-state index contributed by atoms with van der Waals surface area (Å²) in [5.41, 5.74) is 3.03. The molecular weight excluding hydrogens is 445 g/mol. The first kappa shape index (κ1) is 20.2. The Morgan fingerprint density at radius 1 is 1.31 bits per heavy atom. The van der Waals surface area contributed by atoms with E-state index >= 15 is 0 Å². The lowest BCUT2D eigenvalue weighted by Crippen LogP contribution is -2.11. The Morgan fingerprint density at radius 3 is 2.58 bits per heavy atom. The highest BCUT2D eigenvalue weighted by Gasteiger charge is 2.12. The number of ether oxygens (including phenoxy) is 2. The topological polar surface area (TPSA) is 68.1 Å². The Labute approximate surface area is 167 Å². The van der Waals surface area contributed by atoms with Gasteiger partial charge in [-0.3, -0.25) is 4.99 Å². The number of aliphatic imine (C=N–C) groups is 1. The zero-order valence-corrected chi connectivity index (χ0v) is 17.2. The highest BCUT2D eigenvalue weighted by molar-refractivity contribution is 14.1. The summed E-state index contributed by atoms with van der Waals surface area (Å²) in [5.74, 6) is 0.406. The predicted molar refractivity (Wildman–Crippen MR) is 111 cm³/mol. The average molecular weight is 467 g/mol. The Hall–Kier alpha value is -2.09. The SMILES string of the molecule is CC[C@@H](C)c1ccc(N=Cc2cc(I)c(OCC(=O)O)c(OC)c2)cc1. The van der Waals surface area contributed by atoms with Crippen LogP contribution in [0.5, 0.6) is 11.5 Å². The van der Waals surface area contributed by atoms with Crippen molar-refractivity contribution < 1.29 is 19.4 Å². The molecule has 2 rings (SSSR count). The second-order valence-electron chi connectivity index (χ2n) is 5.88. The Kier molecular flexibility index (Phi) is 7.44. The van der Waals surface area contributed by atoms with Crippen molar-refractivity contribution >= 4 is 40.5 Å². The molecular formula is C20H22INO4. The maximum absolute atomic E-state index is 10.7. The lowest BCUT2D eigenvalue weighted by atomic mass is 9.99. The van der Waals surface area contributed by atoms with Crippen molar-refractivity contribution in [3.8, 4) is 11.5 Å². The van der Waals surface area contributed by atoms with Crippen LogP contribution in [0.25, 0.3) is 0 Å². The number of carbonyl (C=O) groups is 1. The van der Waals surface area contributed by atoms with E-state index < -0.39 is 12.6 Å². The van der Waals surface area contributed by atoms with E-state index in [0.717, 1.165) is 21.2 Å². The summed E-state index contributed by atoms with van der Waals surface area (Å²) >= 11 is 2.09. The summed E-state index contributed by atoms with van der Waals surface area (Å²) in [6.45, 7) is 3.97. The number of hydrogen-bond acceptors (Lipinski definition) is 4. The highest BCUT2D eigenvalue weighted by atomic mass is 127. The number of methoxy groups -OCH3 is 1. The molecule has 0 radical (unpaired) electrons. The second kappa shape index (κ2) is 9.56. The zero-order chi connectivity index (χ0) is 19.1. The number of nitrogens with zero attached hydrogens (tertiary/aromatic N) is 1. The molecule has 0 fully saturated rings. The van der Waals surface area contributed by atoms with Gasteiger partial charge in [0.25, 0.3) is 0 Å². The largest absolute Gasteiger partial charge is 0.493 e. The van der Waals surface area contributed by atoms with E-state index in [1.165, 1.54) is 12.7 Å². The molecule has 0 heterocycles. The molecule has 0 aliphatic heterocycles. The molecule has 6 heteroatoms. The van der Waals surface area contributed by atoms with Gasteiger partial charge in [0.2, 0.25) is 0 Å². The van der Waals surface area contributed by atoms with Crippen LogP contribution in [0.15, 0.2) is 41.4 Å². The lowest BCUT2D eigenvalue weighted by Gasteiger charge is -2.12. The van der Waals surface area contributed by atoms with Crippen molar-refractivity contribution in [1.82, 2.24) is 0 Å². The van der Waals surface area contributed by atoms with Crippen LogP contribution in [0, 0.1) is 3.57 Å². The van der Waals surface area contributed by atoms with Gasteiger partial charge >= 0.3 is 5.97 Å². The number of aliphatic carboxylic acids is 1. The van der Waals surface area contributed by atoms with Gasteiger partial charge in [0.05, 0.1) is 16.4 Å². The van der Waals surface area contributed by atoms with E-state index in [9.17, 15) is 4.79 Å². The molecule has 0 unspecified atom stereocenters. The number of carboxylic acid groups (broad SMARTS) is 1. The molecule has 26 heavy (non-hydrogen) atoms. The van der Waals surface area contributed by atoms with Crippen molar-refractivity contribution in [1.29, 1.82) is 0 Å². The number of halogens is 1. The second-order valence-corrected chi connectivity index (χ2v) is 7.04. The van der Waals surface area contributed by atoms with Crippen molar-refractivity contribution in [2.75, 3.05) is 13.7 Å². The Balaban J connectivity index is 2.19. The van der Waals surface area contributed by atoms with Gasteiger partial charge in [0.1, 0.15) is 0 Å². The van der Waals surface area contributed by atoms with Gasteiger partial charge in [-0.25, -0.2) is 4.79 Å². The maximum atomic E-state index is 10.7. The van der Waals surface area contributed by atoms with Gasteiger partial charge in [-0.15, -0.1) is 0 Å². The quantitative estimate of drug-likeness (QED) is 0.437. The Bertz CT molecular complexity index is 787. The smallest absolute Gasteiger partial charge is 0.341 e. The van der Waals surface area contributed by atoms with Gasteiger partial charge in [0.15, 0.2) is 18.1 Å². The molecule has 0 spiro atoms. The Morgan fingerprint density at radius 2 is 2.00 bits per heavy atom. The van der Waals surface area contributed by atoms with Gasteiger partial charge in [-0.2, -0.15) is 0 Å². The van der Waals surface area contributed by atoms with E-state index in [2.05, 4.69) is 53.6 Å². The molecule has 0 saturated carbocycles. The molecule has 0 saturated heterocycles. The van der Waals surface area contributed by atoms with Crippen LogP contribution in [0.1, 0.15) is 37.3 Å². The van der Waals surface area contributed by atoms with Crippen molar-refractivity contribution in [3.63, 3.8) is 0 Å². The lowest BCUT2D eigenvalue weighted by molar-refractivity contribution is -0.139. The molecule has 1 N–H and O–H groups in total. The summed E-state index contributed by atoms with van der Waals surface area (Å²) in [6.07, 6.45) is 2.86. The van der Waals surface area contributed by atoms with Crippen molar-refractivity contribution in [2.45, 2.75) is 26.2 Å². The molecule has 2 aromatic carbocycles.